The average molecular weight is 299 g/mol. The Morgan fingerprint density at radius 1 is 1.70 bits per heavy atom. The lowest BCUT2D eigenvalue weighted by Gasteiger charge is -2.48. The van der Waals surface area contributed by atoms with E-state index in [1.54, 1.807) is 0 Å². The Hall–Kier alpha value is -1.74. The van der Waals surface area contributed by atoms with Gasteiger partial charge in [-0.1, -0.05) is 5.11 Å². The fraction of sp³-hybridized carbons (Fsp3) is 0.600. The lowest BCUT2D eigenvalue weighted by molar-refractivity contribution is -0.157. The number of thioether (sulfide) groups is 1. The average Bonchev–Trinajstić information content (AvgIpc) is 2.48. The number of hydrogen-bond acceptors (Lipinski definition) is 7. The summed E-state index contributed by atoms with van der Waals surface area (Å²) in [5, 5.41) is 3.16. The van der Waals surface area contributed by atoms with E-state index in [9.17, 15) is 9.59 Å². The van der Waals surface area contributed by atoms with Crippen molar-refractivity contribution >= 4 is 23.6 Å². The van der Waals surface area contributed by atoms with Crippen molar-refractivity contribution in [2.24, 2.45) is 10.8 Å². The highest BCUT2D eigenvalue weighted by Gasteiger charge is 2.51. The first-order chi connectivity index (χ1) is 9.61. The molecular weight excluding hydrogens is 286 g/mol. The van der Waals surface area contributed by atoms with Crippen molar-refractivity contribution in [3.05, 3.63) is 21.7 Å². The molecule has 20 heavy (non-hydrogen) atoms. The number of nitrogens with zero attached hydrogens (tertiary/aromatic N) is 4. The number of nitrogens with two attached hydrogens (primary N) is 1. The van der Waals surface area contributed by atoms with Crippen LogP contribution >= 0.6 is 11.8 Å². The van der Waals surface area contributed by atoms with Crippen molar-refractivity contribution in [3.63, 3.8) is 0 Å². The van der Waals surface area contributed by atoms with Crippen LogP contribution in [0.25, 0.3) is 10.4 Å². The van der Waals surface area contributed by atoms with Crippen molar-refractivity contribution in [3.8, 4) is 0 Å². The van der Waals surface area contributed by atoms with Crippen LogP contribution in [0.1, 0.15) is 0 Å². The number of methoxy groups -OCH3 is 1. The molecule has 2 rings (SSSR count). The molecule has 0 aromatic heterocycles. The number of carbonyl (C=O) groups is 2. The molecule has 2 N–H and O–H groups in total. The third kappa shape index (κ3) is 2.46. The summed E-state index contributed by atoms with van der Waals surface area (Å²) < 4.78 is 9.55. The van der Waals surface area contributed by atoms with Gasteiger partial charge in [0.2, 0.25) is 5.91 Å². The summed E-state index contributed by atoms with van der Waals surface area (Å²) in [5.74, 6) is -0.566. The minimum absolute atomic E-state index is 0.00660. The quantitative estimate of drug-likeness (QED) is 0.189. The topological polar surface area (TPSA) is 131 Å². The normalized spacial score (nSPS) is 24.7. The van der Waals surface area contributed by atoms with Crippen LogP contribution in [0, 0.1) is 0 Å². The minimum atomic E-state index is -0.680. The van der Waals surface area contributed by atoms with Crippen LogP contribution in [-0.2, 0) is 19.1 Å². The molecule has 0 saturated carbocycles. The maximum Gasteiger partial charge on any atom is 0.357 e. The van der Waals surface area contributed by atoms with Gasteiger partial charge in [0.1, 0.15) is 17.1 Å². The fourth-order valence-corrected chi connectivity index (χ4v) is 3.27. The van der Waals surface area contributed by atoms with E-state index in [1.165, 1.54) is 23.8 Å². The van der Waals surface area contributed by atoms with Crippen molar-refractivity contribution in [1.29, 1.82) is 0 Å². The molecule has 0 spiro atoms. The highest BCUT2D eigenvalue weighted by Crippen LogP contribution is 2.39. The lowest BCUT2D eigenvalue weighted by Crippen LogP contribution is -2.68. The molecule has 2 aliphatic heterocycles. The molecule has 0 bridgehead atoms. The Morgan fingerprint density at radius 3 is 3.10 bits per heavy atom. The molecular formula is C10H13N5O4S. The van der Waals surface area contributed by atoms with Crippen LogP contribution in [-0.4, -0.2) is 54.4 Å². The second-order valence-electron chi connectivity index (χ2n) is 4.12. The van der Waals surface area contributed by atoms with Gasteiger partial charge in [0.15, 0.2) is 6.79 Å². The van der Waals surface area contributed by atoms with Gasteiger partial charge >= 0.3 is 5.97 Å². The van der Waals surface area contributed by atoms with E-state index in [-0.39, 0.29) is 30.3 Å². The molecule has 1 amide bonds. The number of amides is 1. The number of esters is 1. The Kier molecular flexibility index (Phi) is 4.50. The van der Waals surface area contributed by atoms with Crippen LogP contribution in [0.4, 0.5) is 0 Å². The number of hydrogen-bond donors (Lipinski definition) is 1. The van der Waals surface area contributed by atoms with E-state index < -0.39 is 12.0 Å². The van der Waals surface area contributed by atoms with Crippen molar-refractivity contribution < 1.29 is 19.1 Å². The molecule has 2 heterocycles. The number of fused-ring (bicyclic) bond motifs is 1. The van der Waals surface area contributed by atoms with Gasteiger partial charge in [-0.05, 0) is 11.1 Å². The highest BCUT2D eigenvalue weighted by molar-refractivity contribution is 8.00. The summed E-state index contributed by atoms with van der Waals surface area (Å²) in [5.41, 5.74) is 14.7. The third-order valence-corrected chi connectivity index (χ3v) is 4.28. The standard InChI is InChI=1S/C10H13N5O4S/c1-18-4-19-10(17)7-5(2-13-14-12)3-20-9-6(11)8(16)15(7)9/h6,9H,2-4,11H2,1H3/t6?,9-/m1/s1. The zero-order valence-electron chi connectivity index (χ0n) is 10.7. The Morgan fingerprint density at radius 2 is 2.45 bits per heavy atom. The maximum atomic E-state index is 12.0. The molecule has 1 unspecified atom stereocenters. The molecule has 0 aromatic rings. The molecule has 2 atom stereocenters. The van der Waals surface area contributed by atoms with Crippen LogP contribution in [0.15, 0.2) is 16.4 Å². The molecule has 108 valence electrons. The van der Waals surface area contributed by atoms with Gasteiger partial charge in [-0.15, -0.1) is 11.8 Å². The van der Waals surface area contributed by atoms with E-state index in [2.05, 4.69) is 14.8 Å². The SMILES string of the molecule is COCOC(=O)C1=C(CN=[N+]=[N-])CS[C@@H]2C(N)C(=O)N12. The van der Waals surface area contributed by atoms with Crippen LogP contribution in [0.5, 0.6) is 0 Å². The third-order valence-electron chi connectivity index (χ3n) is 2.91. The molecule has 2 aliphatic rings. The summed E-state index contributed by atoms with van der Waals surface area (Å²) >= 11 is 1.43. The Labute approximate surface area is 118 Å². The second-order valence-corrected chi connectivity index (χ2v) is 5.22. The summed E-state index contributed by atoms with van der Waals surface area (Å²) in [7, 11) is 1.38. The van der Waals surface area contributed by atoms with E-state index >= 15 is 0 Å². The number of β-lactam (4-membered cyclic amide) rings is 1. The highest BCUT2D eigenvalue weighted by atomic mass is 32.2. The van der Waals surface area contributed by atoms with Crippen molar-refractivity contribution in [1.82, 2.24) is 4.90 Å². The zero-order valence-corrected chi connectivity index (χ0v) is 11.5. The van der Waals surface area contributed by atoms with Gasteiger partial charge in [-0.2, -0.15) is 0 Å². The predicted molar refractivity (Wildman–Crippen MR) is 70.1 cm³/mol. The summed E-state index contributed by atoms with van der Waals surface area (Å²) in [6.07, 6.45) is 0. The number of carbonyl (C=O) groups excluding carboxylic acids is 2. The van der Waals surface area contributed by atoms with E-state index in [0.717, 1.165) is 0 Å². The Bertz CT molecular complexity index is 516. The van der Waals surface area contributed by atoms with E-state index in [4.69, 9.17) is 16.0 Å². The number of ether oxygens (including phenoxy) is 2. The molecule has 1 fully saturated rings. The first-order valence-corrected chi connectivity index (χ1v) is 6.76. The van der Waals surface area contributed by atoms with E-state index in [0.29, 0.717) is 11.3 Å². The van der Waals surface area contributed by atoms with Gasteiger partial charge in [0.05, 0.1) is 6.54 Å². The van der Waals surface area contributed by atoms with Crippen molar-refractivity contribution in [2.45, 2.75) is 11.4 Å². The minimum Gasteiger partial charge on any atom is -0.434 e. The smallest absolute Gasteiger partial charge is 0.357 e. The van der Waals surface area contributed by atoms with Crippen molar-refractivity contribution in [2.75, 3.05) is 26.2 Å². The van der Waals surface area contributed by atoms with Gasteiger partial charge in [-0.3, -0.25) is 9.69 Å². The van der Waals surface area contributed by atoms with Crippen LogP contribution in [0.3, 0.4) is 0 Å². The summed E-state index contributed by atoms with van der Waals surface area (Å²) in [6.45, 7) is -0.213. The molecule has 10 heteroatoms. The number of azide groups is 1. The van der Waals surface area contributed by atoms with Crippen LogP contribution in [0.2, 0.25) is 0 Å². The molecule has 0 radical (unpaired) electrons. The van der Waals surface area contributed by atoms with Gasteiger partial charge in [0.25, 0.3) is 0 Å². The Balaban J connectivity index is 2.29. The van der Waals surface area contributed by atoms with Crippen LogP contribution < -0.4 is 5.73 Å². The molecule has 9 nitrogen and oxygen atoms in total. The van der Waals surface area contributed by atoms with Gasteiger partial charge in [-0.25, -0.2) is 4.79 Å². The zero-order chi connectivity index (χ0) is 14.7. The van der Waals surface area contributed by atoms with E-state index in [1.807, 2.05) is 0 Å². The number of rotatable bonds is 5. The fourth-order valence-electron chi connectivity index (χ4n) is 1.99. The first-order valence-electron chi connectivity index (χ1n) is 5.71. The largest absolute Gasteiger partial charge is 0.434 e. The maximum absolute atomic E-state index is 12.0. The van der Waals surface area contributed by atoms with Gasteiger partial charge < -0.3 is 15.2 Å². The molecule has 0 aromatic carbocycles. The molecule has 1 saturated heterocycles. The first kappa shape index (κ1) is 14.7. The summed E-state index contributed by atoms with van der Waals surface area (Å²) in [4.78, 5) is 27.8. The second kappa shape index (κ2) is 6.14. The van der Waals surface area contributed by atoms with Gasteiger partial charge in [0, 0.05) is 17.8 Å². The molecule has 0 aliphatic carbocycles. The monoisotopic (exact) mass is 299 g/mol. The predicted octanol–water partition coefficient (Wildman–Crippen LogP) is -0.0597. The summed E-state index contributed by atoms with van der Waals surface area (Å²) in [6, 6.07) is -0.619. The lowest BCUT2D eigenvalue weighted by atomic mass is 10.0.